The molecule has 0 unspecified atom stereocenters. The molecule has 0 radical (unpaired) electrons. The minimum atomic E-state index is -4.59. The summed E-state index contributed by atoms with van der Waals surface area (Å²) < 4.78 is 45.2. The zero-order chi connectivity index (χ0) is 20.2. The molecule has 0 fully saturated rings. The van der Waals surface area contributed by atoms with E-state index in [9.17, 15) is 18.0 Å². The first kappa shape index (κ1) is 20.4. The first-order valence-corrected chi connectivity index (χ1v) is 8.20. The highest BCUT2D eigenvalue weighted by Crippen LogP contribution is 2.33. The van der Waals surface area contributed by atoms with Crippen molar-refractivity contribution < 1.29 is 22.7 Å². The Kier molecular flexibility index (Phi) is 6.19. The number of hydrogen-bond donors (Lipinski definition) is 1. The Balaban J connectivity index is 2.35. The van der Waals surface area contributed by atoms with Crippen molar-refractivity contribution in [3.63, 3.8) is 0 Å². The zero-order valence-electron chi connectivity index (χ0n) is 15.3. The number of nitrogens with one attached hydrogen (secondary N) is 1. The third kappa shape index (κ3) is 5.80. The van der Waals surface area contributed by atoms with Gasteiger partial charge in [0.15, 0.2) is 5.82 Å². The molecule has 146 valence electrons. The smallest absolute Gasteiger partial charge is 0.433 e. The quantitative estimate of drug-likeness (QED) is 0.606. The van der Waals surface area contributed by atoms with Crippen molar-refractivity contribution in [2.45, 2.75) is 46.0 Å². The molecule has 10 heteroatoms. The number of carbonyl (C=O) groups excluding carboxylic acids is 1. The number of carbonyl (C=O) groups is 1. The van der Waals surface area contributed by atoms with E-state index < -0.39 is 17.8 Å². The lowest BCUT2D eigenvalue weighted by Gasteiger charge is -2.14. The lowest BCUT2D eigenvalue weighted by molar-refractivity contribution is -0.142. The number of alkyl halides is 3. The van der Waals surface area contributed by atoms with Crippen LogP contribution < -0.4 is 5.32 Å². The molecule has 0 saturated heterocycles. The van der Waals surface area contributed by atoms with Crippen molar-refractivity contribution in [3.8, 4) is 11.4 Å². The summed E-state index contributed by atoms with van der Waals surface area (Å²) in [5.41, 5.74) is -0.513. The van der Waals surface area contributed by atoms with Crippen LogP contribution in [0.25, 0.3) is 17.6 Å². The van der Waals surface area contributed by atoms with Crippen LogP contribution in [-0.4, -0.2) is 37.9 Å². The fourth-order valence-electron chi connectivity index (χ4n) is 2.10. The first-order valence-electron chi connectivity index (χ1n) is 8.20. The molecule has 0 atom stereocenters. The van der Waals surface area contributed by atoms with E-state index in [-0.39, 0.29) is 23.5 Å². The summed E-state index contributed by atoms with van der Waals surface area (Å²) in [7, 11) is 0. The van der Waals surface area contributed by atoms with Gasteiger partial charge in [-0.25, -0.2) is 19.4 Å². The van der Waals surface area contributed by atoms with Crippen LogP contribution in [0.1, 0.15) is 33.4 Å². The Morgan fingerprint density at radius 1 is 1.26 bits per heavy atom. The van der Waals surface area contributed by atoms with E-state index in [1.807, 2.05) is 13.8 Å². The molecule has 0 saturated carbocycles. The molecular weight excluding hydrogens is 363 g/mol. The molecule has 0 aromatic carbocycles. The van der Waals surface area contributed by atoms with Crippen molar-refractivity contribution in [1.29, 1.82) is 0 Å². The fourth-order valence-corrected chi connectivity index (χ4v) is 2.10. The van der Waals surface area contributed by atoms with Crippen LogP contribution in [0.3, 0.4) is 0 Å². The Labute approximate surface area is 154 Å². The summed E-state index contributed by atoms with van der Waals surface area (Å²) in [6, 6.07) is 0.858. The van der Waals surface area contributed by atoms with Gasteiger partial charge in [-0.05, 0) is 33.8 Å². The Hall–Kier alpha value is -2.91. The van der Waals surface area contributed by atoms with Gasteiger partial charge in [0.1, 0.15) is 12.0 Å². The van der Waals surface area contributed by atoms with Gasteiger partial charge < -0.3 is 10.1 Å². The number of rotatable bonds is 6. The molecule has 27 heavy (non-hydrogen) atoms. The summed E-state index contributed by atoms with van der Waals surface area (Å²) in [6.45, 7) is 7.11. The highest BCUT2D eigenvalue weighted by Gasteiger charge is 2.33. The van der Waals surface area contributed by atoms with Crippen molar-refractivity contribution in [2.75, 3.05) is 5.32 Å². The number of pyridine rings is 1. The normalized spacial score (nSPS) is 12.2. The molecular formula is C17H20F3N5O2. The number of ether oxygens (including phenoxy) is 1. The third-order valence-corrected chi connectivity index (χ3v) is 3.10. The summed E-state index contributed by atoms with van der Waals surface area (Å²) in [5, 5.41) is 7.12. The predicted octanol–water partition coefficient (Wildman–Crippen LogP) is 3.60. The summed E-state index contributed by atoms with van der Waals surface area (Å²) in [4.78, 5) is 19.0. The predicted molar refractivity (Wildman–Crippen MR) is 93.6 cm³/mol. The van der Waals surface area contributed by atoms with Gasteiger partial charge in [0.25, 0.3) is 0 Å². The molecule has 2 aromatic rings. The van der Waals surface area contributed by atoms with Gasteiger partial charge in [0.05, 0.1) is 18.0 Å². The standard InChI is InChI=1S/C17H20F3N5O2/c1-10(2)23-13-8-21-14(17(18,19)20)7-12(13)16-22-9-25(24-16)6-5-15(26)27-11(3)4/h5-11,23H,1-4H3/b6-5+. The Morgan fingerprint density at radius 2 is 1.96 bits per heavy atom. The van der Waals surface area contributed by atoms with Gasteiger partial charge in [-0.2, -0.15) is 13.2 Å². The van der Waals surface area contributed by atoms with Gasteiger partial charge in [0, 0.05) is 23.9 Å². The summed E-state index contributed by atoms with van der Waals surface area (Å²) >= 11 is 0. The lowest BCUT2D eigenvalue weighted by atomic mass is 10.1. The van der Waals surface area contributed by atoms with Crippen LogP contribution in [0.4, 0.5) is 18.9 Å². The van der Waals surface area contributed by atoms with E-state index in [0.29, 0.717) is 5.69 Å². The largest absolute Gasteiger partial charge is 0.460 e. The highest BCUT2D eigenvalue weighted by molar-refractivity contribution is 5.85. The summed E-state index contributed by atoms with van der Waals surface area (Å²) in [6.07, 6.45) is -0.0116. The first-order chi connectivity index (χ1) is 12.6. The molecule has 2 rings (SSSR count). The fraction of sp³-hybridized carbons (Fsp3) is 0.412. The molecule has 7 nitrogen and oxygen atoms in total. The average Bonchev–Trinajstić information content (AvgIpc) is 3.00. The molecule has 0 spiro atoms. The topological polar surface area (TPSA) is 81.9 Å². The van der Waals surface area contributed by atoms with Crippen molar-refractivity contribution in [2.24, 2.45) is 0 Å². The molecule has 0 aliphatic heterocycles. The van der Waals surface area contributed by atoms with Crippen LogP contribution in [0, 0.1) is 0 Å². The van der Waals surface area contributed by atoms with Crippen LogP contribution in [0.15, 0.2) is 24.7 Å². The second-order valence-corrected chi connectivity index (χ2v) is 6.26. The number of nitrogens with zero attached hydrogens (tertiary/aromatic N) is 4. The SMILES string of the molecule is CC(C)Nc1cnc(C(F)(F)F)cc1-c1ncn(/C=C/C(=O)OC(C)C)n1. The van der Waals surface area contributed by atoms with Crippen LogP contribution in [-0.2, 0) is 15.7 Å². The van der Waals surface area contributed by atoms with Crippen molar-refractivity contribution >= 4 is 17.9 Å². The third-order valence-electron chi connectivity index (χ3n) is 3.10. The maximum absolute atomic E-state index is 13.0. The Bertz CT molecular complexity index is 828. The minimum Gasteiger partial charge on any atom is -0.460 e. The number of esters is 1. The van der Waals surface area contributed by atoms with E-state index in [0.717, 1.165) is 18.3 Å². The van der Waals surface area contributed by atoms with Gasteiger partial charge in [-0.15, -0.1) is 5.10 Å². The van der Waals surface area contributed by atoms with Gasteiger partial charge in [-0.3, -0.25) is 0 Å². The number of anilines is 1. The highest BCUT2D eigenvalue weighted by atomic mass is 19.4. The minimum absolute atomic E-state index is 0.0323. The van der Waals surface area contributed by atoms with E-state index in [4.69, 9.17) is 4.74 Å². The molecule has 2 heterocycles. The molecule has 1 N–H and O–H groups in total. The number of hydrogen-bond acceptors (Lipinski definition) is 6. The molecule has 0 amide bonds. The van der Waals surface area contributed by atoms with Crippen molar-refractivity contribution in [1.82, 2.24) is 19.7 Å². The number of halogens is 3. The van der Waals surface area contributed by atoms with Gasteiger partial charge in [-0.1, -0.05) is 0 Å². The molecule has 0 aliphatic rings. The second-order valence-electron chi connectivity index (χ2n) is 6.26. The lowest BCUT2D eigenvalue weighted by Crippen LogP contribution is -2.14. The maximum atomic E-state index is 13.0. The van der Waals surface area contributed by atoms with Crippen LogP contribution >= 0.6 is 0 Å². The Morgan fingerprint density at radius 3 is 2.56 bits per heavy atom. The number of aromatic nitrogens is 4. The summed E-state index contributed by atoms with van der Waals surface area (Å²) in [5.74, 6) is -0.500. The zero-order valence-corrected chi connectivity index (χ0v) is 15.3. The van der Waals surface area contributed by atoms with E-state index in [2.05, 4.69) is 20.4 Å². The second kappa shape index (κ2) is 8.19. The van der Waals surface area contributed by atoms with E-state index in [1.54, 1.807) is 13.8 Å². The van der Waals surface area contributed by atoms with Crippen LogP contribution in [0.2, 0.25) is 0 Å². The van der Waals surface area contributed by atoms with Crippen LogP contribution in [0.5, 0.6) is 0 Å². The molecule has 0 aliphatic carbocycles. The van der Waals surface area contributed by atoms with Gasteiger partial charge in [0.2, 0.25) is 0 Å². The maximum Gasteiger partial charge on any atom is 0.433 e. The molecule has 2 aromatic heterocycles. The van der Waals surface area contributed by atoms with E-state index in [1.165, 1.54) is 17.2 Å². The van der Waals surface area contributed by atoms with Gasteiger partial charge >= 0.3 is 12.1 Å². The van der Waals surface area contributed by atoms with E-state index >= 15 is 0 Å². The monoisotopic (exact) mass is 383 g/mol. The molecule has 0 bridgehead atoms. The van der Waals surface area contributed by atoms with Crippen molar-refractivity contribution in [3.05, 3.63) is 30.4 Å². The average molecular weight is 383 g/mol.